The van der Waals surface area contributed by atoms with Gasteiger partial charge in [0.15, 0.2) is 0 Å². The molecule has 0 aromatic heterocycles. The molecule has 0 saturated carbocycles. The fourth-order valence-electron chi connectivity index (χ4n) is 1.70. The van der Waals surface area contributed by atoms with Crippen molar-refractivity contribution in [3.63, 3.8) is 0 Å². The van der Waals surface area contributed by atoms with Gasteiger partial charge in [0.05, 0.1) is 12.7 Å². The lowest BCUT2D eigenvalue weighted by Gasteiger charge is -2.18. The molecule has 0 aliphatic carbocycles. The highest BCUT2D eigenvalue weighted by Crippen LogP contribution is 2.28. The Balaban J connectivity index is 2.78. The number of nitrogens with one attached hydrogen (secondary N) is 1. The van der Waals surface area contributed by atoms with Crippen molar-refractivity contribution in [1.29, 1.82) is 0 Å². The van der Waals surface area contributed by atoms with E-state index in [1.807, 2.05) is 6.92 Å². The fourth-order valence-corrected chi connectivity index (χ4v) is 2.74. The first-order valence-electron chi connectivity index (χ1n) is 6.53. The highest BCUT2D eigenvalue weighted by atomic mass is 32.2. The standard InChI is InChI=1S/C14H22FNO2S/c1-3-6-16-10(2)13-7-11(15)4-5-14(13)19-9-12(18)8-17/h4-5,7,10,12,16-18H,3,6,8-9H2,1-2H3. The molecule has 0 spiro atoms. The maximum Gasteiger partial charge on any atom is 0.123 e. The predicted octanol–water partition coefficient (Wildman–Crippen LogP) is 2.33. The molecule has 1 aromatic rings. The minimum absolute atomic E-state index is 0.0596. The van der Waals surface area contributed by atoms with Crippen molar-refractivity contribution in [3.8, 4) is 0 Å². The van der Waals surface area contributed by atoms with Gasteiger partial charge in [0.1, 0.15) is 5.82 Å². The summed E-state index contributed by atoms with van der Waals surface area (Å²) in [4.78, 5) is 0.935. The van der Waals surface area contributed by atoms with Gasteiger partial charge in [0.2, 0.25) is 0 Å². The topological polar surface area (TPSA) is 52.5 Å². The van der Waals surface area contributed by atoms with Gasteiger partial charge in [-0.05, 0) is 43.7 Å². The van der Waals surface area contributed by atoms with Gasteiger partial charge >= 0.3 is 0 Å². The molecule has 0 bridgehead atoms. The molecule has 1 aromatic carbocycles. The van der Waals surface area contributed by atoms with Crippen LogP contribution in [0.1, 0.15) is 31.9 Å². The molecular formula is C14H22FNO2S. The predicted molar refractivity (Wildman–Crippen MR) is 76.9 cm³/mol. The minimum Gasteiger partial charge on any atom is -0.394 e. The Morgan fingerprint density at radius 2 is 2.16 bits per heavy atom. The molecule has 3 N–H and O–H groups in total. The number of aliphatic hydroxyl groups is 2. The first-order valence-corrected chi connectivity index (χ1v) is 7.51. The third kappa shape index (κ3) is 5.48. The van der Waals surface area contributed by atoms with Crippen molar-refractivity contribution >= 4 is 11.8 Å². The summed E-state index contributed by atoms with van der Waals surface area (Å²) in [5, 5.41) is 21.5. The quantitative estimate of drug-likeness (QED) is 0.642. The number of thioether (sulfide) groups is 1. The number of aliphatic hydroxyl groups excluding tert-OH is 2. The summed E-state index contributed by atoms with van der Waals surface area (Å²) >= 11 is 1.43. The lowest BCUT2D eigenvalue weighted by atomic mass is 10.1. The molecule has 0 heterocycles. The second kappa shape index (κ2) is 8.53. The summed E-state index contributed by atoms with van der Waals surface area (Å²) in [5.41, 5.74) is 0.892. The zero-order valence-electron chi connectivity index (χ0n) is 11.4. The SMILES string of the molecule is CCCNC(C)c1cc(F)ccc1SCC(O)CO. The number of hydrogen-bond acceptors (Lipinski definition) is 4. The molecule has 0 fully saturated rings. The number of halogens is 1. The van der Waals surface area contributed by atoms with Crippen LogP contribution in [0.5, 0.6) is 0 Å². The summed E-state index contributed by atoms with van der Waals surface area (Å²) < 4.78 is 13.4. The first kappa shape index (κ1) is 16.4. The maximum absolute atomic E-state index is 13.4. The van der Waals surface area contributed by atoms with E-state index in [-0.39, 0.29) is 18.5 Å². The van der Waals surface area contributed by atoms with Gasteiger partial charge in [-0.2, -0.15) is 0 Å². The number of benzene rings is 1. The third-order valence-corrected chi connectivity index (χ3v) is 4.02. The molecule has 0 saturated heterocycles. The van der Waals surface area contributed by atoms with Crippen LogP contribution < -0.4 is 5.32 Å². The average molecular weight is 287 g/mol. The van der Waals surface area contributed by atoms with Crippen LogP contribution in [0.15, 0.2) is 23.1 Å². The Morgan fingerprint density at radius 1 is 1.42 bits per heavy atom. The van der Waals surface area contributed by atoms with Crippen LogP contribution >= 0.6 is 11.8 Å². The highest BCUT2D eigenvalue weighted by molar-refractivity contribution is 7.99. The molecular weight excluding hydrogens is 265 g/mol. The second-order valence-electron chi connectivity index (χ2n) is 4.51. The van der Waals surface area contributed by atoms with E-state index in [0.29, 0.717) is 5.75 Å². The van der Waals surface area contributed by atoms with Gasteiger partial charge in [0, 0.05) is 16.7 Å². The molecule has 19 heavy (non-hydrogen) atoms. The summed E-state index contributed by atoms with van der Waals surface area (Å²) in [6, 6.07) is 4.73. The molecule has 1 rings (SSSR count). The normalized spacial score (nSPS) is 14.4. The average Bonchev–Trinajstić information content (AvgIpc) is 2.42. The van der Waals surface area contributed by atoms with Crippen LogP contribution in [-0.2, 0) is 0 Å². The van der Waals surface area contributed by atoms with E-state index in [4.69, 9.17) is 5.11 Å². The van der Waals surface area contributed by atoms with E-state index >= 15 is 0 Å². The number of rotatable bonds is 8. The van der Waals surface area contributed by atoms with E-state index in [2.05, 4.69) is 12.2 Å². The zero-order valence-corrected chi connectivity index (χ0v) is 12.2. The van der Waals surface area contributed by atoms with Gasteiger partial charge in [-0.15, -0.1) is 11.8 Å². The van der Waals surface area contributed by atoms with E-state index in [1.54, 1.807) is 6.07 Å². The lowest BCUT2D eigenvalue weighted by Crippen LogP contribution is -2.20. The van der Waals surface area contributed by atoms with Crippen LogP contribution in [0.4, 0.5) is 4.39 Å². The molecule has 0 amide bonds. The van der Waals surface area contributed by atoms with Crippen molar-refractivity contribution in [2.45, 2.75) is 37.3 Å². The van der Waals surface area contributed by atoms with Crippen LogP contribution in [0.25, 0.3) is 0 Å². The Labute approximate surface area is 118 Å². The smallest absolute Gasteiger partial charge is 0.123 e. The largest absolute Gasteiger partial charge is 0.394 e. The summed E-state index contributed by atoms with van der Waals surface area (Å²) in [6.45, 7) is 4.70. The molecule has 5 heteroatoms. The molecule has 3 nitrogen and oxygen atoms in total. The summed E-state index contributed by atoms with van der Waals surface area (Å²) in [6.07, 6.45) is 0.271. The van der Waals surface area contributed by atoms with Gasteiger partial charge in [-0.1, -0.05) is 6.92 Å². The number of hydrogen-bond donors (Lipinski definition) is 3. The van der Waals surface area contributed by atoms with E-state index in [9.17, 15) is 9.50 Å². The maximum atomic E-state index is 13.4. The minimum atomic E-state index is -0.748. The Kier molecular flexibility index (Phi) is 7.38. The van der Waals surface area contributed by atoms with Crippen LogP contribution in [-0.4, -0.2) is 35.2 Å². The van der Waals surface area contributed by atoms with Gasteiger partial charge in [0.25, 0.3) is 0 Å². The first-order chi connectivity index (χ1) is 9.08. The Hall–Kier alpha value is -0.620. The molecule has 0 aliphatic rings. The van der Waals surface area contributed by atoms with E-state index < -0.39 is 6.10 Å². The van der Waals surface area contributed by atoms with E-state index in [0.717, 1.165) is 23.4 Å². The van der Waals surface area contributed by atoms with Crippen LogP contribution in [0.2, 0.25) is 0 Å². The lowest BCUT2D eigenvalue weighted by molar-refractivity contribution is 0.113. The molecule has 0 aliphatic heterocycles. The third-order valence-electron chi connectivity index (χ3n) is 2.78. The van der Waals surface area contributed by atoms with Crippen molar-refractivity contribution < 1.29 is 14.6 Å². The van der Waals surface area contributed by atoms with Gasteiger partial charge in [-0.3, -0.25) is 0 Å². The monoisotopic (exact) mass is 287 g/mol. The molecule has 2 unspecified atom stereocenters. The molecule has 108 valence electrons. The summed E-state index contributed by atoms with van der Waals surface area (Å²) in [5.74, 6) is 0.141. The van der Waals surface area contributed by atoms with Crippen molar-refractivity contribution in [1.82, 2.24) is 5.32 Å². The van der Waals surface area contributed by atoms with Crippen molar-refractivity contribution in [2.24, 2.45) is 0 Å². The zero-order chi connectivity index (χ0) is 14.3. The van der Waals surface area contributed by atoms with E-state index in [1.165, 1.54) is 23.9 Å². The van der Waals surface area contributed by atoms with Gasteiger partial charge < -0.3 is 15.5 Å². The Morgan fingerprint density at radius 3 is 2.79 bits per heavy atom. The summed E-state index contributed by atoms with van der Waals surface area (Å²) in [7, 11) is 0. The Bertz CT molecular complexity index is 390. The fraction of sp³-hybridized carbons (Fsp3) is 0.571. The van der Waals surface area contributed by atoms with Crippen molar-refractivity contribution in [2.75, 3.05) is 18.9 Å². The van der Waals surface area contributed by atoms with Gasteiger partial charge in [-0.25, -0.2) is 4.39 Å². The highest BCUT2D eigenvalue weighted by Gasteiger charge is 2.13. The second-order valence-corrected chi connectivity index (χ2v) is 5.57. The molecule has 0 radical (unpaired) electrons. The molecule has 2 atom stereocenters. The van der Waals surface area contributed by atoms with Crippen molar-refractivity contribution in [3.05, 3.63) is 29.6 Å². The van der Waals surface area contributed by atoms with Crippen LogP contribution in [0.3, 0.4) is 0 Å². The van der Waals surface area contributed by atoms with Crippen LogP contribution in [0, 0.1) is 5.82 Å².